The number of aryl methyl sites for hydroxylation is 2. The molecule has 1 N–H and O–H groups in total. The number of hydrogen-bond donors (Lipinski definition) is 1. The molecule has 0 aromatic carbocycles. The van der Waals surface area contributed by atoms with E-state index in [0.717, 1.165) is 15.9 Å². The number of aromatic carboxylic acids is 1. The van der Waals surface area contributed by atoms with Crippen LogP contribution in [0.1, 0.15) is 27.4 Å². The van der Waals surface area contributed by atoms with Gasteiger partial charge in [0.1, 0.15) is 5.56 Å². The molecular weight excluding hydrogens is 300 g/mol. The third kappa shape index (κ3) is 2.05. The van der Waals surface area contributed by atoms with Gasteiger partial charge in [-0.1, -0.05) is 0 Å². The predicted molar refractivity (Wildman–Crippen MR) is 68.7 cm³/mol. The molecule has 0 bridgehead atoms. The molecule has 96 valence electrons. The van der Waals surface area contributed by atoms with E-state index in [1.165, 1.54) is 6.20 Å². The van der Waals surface area contributed by atoms with Crippen LogP contribution in [0.5, 0.6) is 0 Å². The third-order valence-corrected chi connectivity index (χ3v) is 4.03. The standard InChI is InChI=1S/C11H13BrN4O2/c1-6-10(12)7(2)16(14-6)5-9-8(11(17)18)4-13-15(9)3/h4H,5H2,1-3H3,(H,17,18). The van der Waals surface area contributed by atoms with E-state index in [2.05, 4.69) is 26.1 Å². The van der Waals surface area contributed by atoms with Crippen molar-refractivity contribution in [3.63, 3.8) is 0 Å². The van der Waals surface area contributed by atoms with Crippen LogP contribution in [-0.2, 0) is 13.6 Å². The Balaban J connectivity index is 2.43. The summed E-state index contributed by atoms with van der Waals surface area (Å²) in [6.45, 7) is 4.21. The van der Waals surface area contributed by atoms with Crippen LogP contribution in [0, 0.1) is 13.8 Å². The maximum absolute atomic E-state index is 11.1. The second kappa shape index (κ2) is 4.56. The maximum Gasteiger partial charge on any atom is 0.339 e. The highest BCUT2D eigenvalue weighted by molar-refractivity contribution is 9.10. The minimum atomic E-state index is -0.973. The van der Waals surface area contributed by atoms with Crippen molar-refractivity contribution in [3.05, 3.63) is 33.3 Å². The molecule has 2 rings (SSSR count). The first-order valence-electron chi connectivity index (χ1n) is 5.35. The van der Waals surface area contributed by atoms with Gasteiger partial charge in [0.2, 0.25) is 0 Å². The molecule has 0 amide bonds. The summed E-state index contributed by atoms with van der Waals surface area (Å²) in [6.07, 6.45) is 1.36. The molecule has 0 aliphatic carbocycles. The van der Waals surface area contributed by atoms with Gasteiger partial charge in [-0.2, -0.15) is 10.2 Å². The van der Waals surface area contributed by atoms with Crippen LogP contribution in [-0.4, -0.2) is 30.6 Å². The number of nitrogens with zero attached hydrogens (tertiary/aromatic N) is 4. The average molecular weight is 313 g/mol. The van der Waals surface area contributed by atoms with Crippen molar-refractivity contribution >= 4 is 21.9 Å². The molecule has 0 fully saturated rings. The summed E-state index contributed by atoms with van der Waals surface area (Å²) in [4.78, 5) is 11.1. The van der Waals surface area contributed by atoms with E-state index in [0.29, 0.717) is 12.2 Å². The van der Waals surface area contributed by atoms with Crippen molar-refractivity contribution in [2.24, 2.45) is 7.05 Å². The molecule has 6 nitrogen and oxygen atoms in total. The number of hydrogen-bond acceptors (Lipinski definition) is 3. The van der Waals surface area contributed by atoms with Gasteiger partial charge in [0.05, 0.1) is 34.3 Å². The Hall–Kier alpha value is -1.63. The van der Waals surface area contributed by atoms with Crippen molar-refractivity contribution in [2.45, 2.75) is 20.4 Å². The van der Waals surface area contributed by atoms with E-state index in [4.69, 9.17) is 5.11 Å². The second-order valence-corrected chi connectivity index (χ2v) is 4.87. The van der Waals surface area contributed by atoms with Crippen LogP contribution in [0.2, 0.25) is 0 Å². The van der Waals surface area contributed by atoms with Gasteiger partial charge in [0, 0.05) is 7.05 Å². The molecule has 2 aromatic rings. The molecule has 0 aliphatic rings. The van der Waals surface area contributed by atoms with E-state index in [1.54, 1.807) is 16.4 Å². The minimum absolute atomic E-state index is 0.209. The lowest BCUT2D eigenvalue weighted by atomic mass is 10.2. The molecule has 0 unspecified atom stereocenters. The molecule has 0 aliphatic heterocycles. The van der Waals surface area contributed by atoms with Crippen LogP contribution < -0.4 is 0 Å². The smallest absolute Gasteiger partial charge is 0.339 e. The van der Waals surface area contributed by atoms with E-state index in [1.807, 2.05) is 13.8 Å². The zero-order chi connectivity index (χ0) is 13.4. The Kier molecular flexibility index (Phi) is 3.25. The van der Waals surface area contributed by atoms with Gasteiger partial charge in [0.25, 0.3) is 0 Å². The highest BCUT2D eigenvalue weighted by atomic mass is 79.9. The van der Waals surface area contributed by atoms with Crippen LogP contribution >= 0.6 is 15.9 Å². The van der Waals surface area contributed by atoms with E-state index in [-0.39, 0.29) is 5.56 Å². The van der Waals surface area contributed by atoms with Gasteiger partial charge in [-0.3, -0.25) is 9.36 Å². The molecule has 0 atom stereocenters. The second-order valence-electron chi connectivity index (χ2n) is 4.08. The van der Waals surface area contributed by atoms with E-state index in [9.17, 15) is 4.79 Å². The molecular formula is C11H13BrN4O2. The van der Waals surface area contributed by atoms with Crippen molar-refractivity contribution in [3.8, 4) is 0 Å². The lowest BCUT2D eigenvalue weighted by Gasteiger charge is -2.06. The average Bonchev–Trinajstić information content (AvgIpc) is 2.77. The number of halogens is 1. The monoisotopic (exact) mass is 312 g/mol. The lowest BCUT2D eigenvalue weighted by Crippen LogP contribution is -2.12. The molecule has 0 saturated carbocycles. The Labute approximate surface area is 112 Å². The first kappa shape index (κ1) is 12.8. The SMILES string of the molecule is Cc1nn(Cc2c(C(=O)O)cnn2C)c(C)c1Br. The Morgan fingerprint density at radius 2 is 2.17 bits per heavy atom. The number of aromatic nitrogens is 4. The summed E-state index contributed by atoms with van der Waals surface area (Å²) in [7, 11) is 1.72. The van der Waals surface area contributed by atoms with Gasteiger partial charge in [-0.25, -0.2) is 4.79 Å². The summed E-state index contributed by atoms with van der Waals surface area (Å²) >= 11 is 3.45. The van der Waals surface area contributed by atoms with Gasteiger partial charge < -0.3 is 5.11 Å². The summed E-state index contributed by atoms with van der Waals surface area (Å²) in [6, 6.07) is 0. The quantitative estimate of drug-likeness (QED) is 0.937. The van der Waals surface area contributed by atoms with Crippen molar-refractivity contribution in [1.82, 2.24) is 19.6 Å². The predicted octanol–water partition coefficient (Wildman–Crippen LogP) is 1.74. The summed E-state index contributed by atoms with van der Waals surface area (Å²) in [5, 5.41) is 17.4. The first-order valence-corrected chi connectivity index (χ1v) is 6.14. The fraction of sp³-hybridized carbons (Fsp3) is 0.364. The molecule has 0 spiro atoms. The van der Waals surface area contributed by atoms with E-state index >= 15 is 0 Å². The number of carboxylic acid groups (broad SMARTS) is 1. The van der Waals surface area contributed by atoms with E-state index < -0.39 is 5.97 Å². The molecule has 18 heavy (non-hydrogen) atoms. The van der Waals surface area contributed by atoms with Crippen LogP contribution in [0.3, 0.4) is 0 Å². The summed E-state index contributed by atoms with van der Waals surface area (Å²) in [5.41, 5.74) is 2.68. The number of carbonyl (C=O) groups is 1. The van der Waals surface area contributed by atoms with Crippen LogP contribution in [0.15, 0.2) is 10.7 Å². The first-order chi connectivity index (χ1) is 8.41. The molecule has 2 aromatic heterocycles. The maximum atomic E-state index is 11.1. The van der Waals surface area contributed by atoms with Gasteiger partial charge in [-0.15, -0.1) is 0 Å². The number of carboxylic acids is 1. The molecule has 7 heteroatoms. The summed E-state index contributed by atoms with van der Waals surface area (Å²) in [5.74, 6) is -0.973. The Bertz CT molecular complexity index is 615. The van der Waals surface area contributed by atoms with Crippen molar-refractivity contribution in [2.75, 3.05) is 0 Å². The highest BCUT2D eigenvalue weighted by Gasteiger charge is 2.17. The lowest BCUT2D eigenvalue weighted by molar-refractivity contribution is 0.0695. The number of rotatable bonds is 3. The fourth-order valence-electron chi connectivity index (χ4n) is 1.80. The van der Waals surface area contributed by atoms with Crippen LogP contribution in [0.25, 0.3) is 0 Å². The highest BCUT2D eigenvalue weighted by Crippen LogP contribution is 2.21. The zero-order valence-electron chi connectivity index (χ0n) is 10.3. The molecule has 2 heterocycles. The van der Waals surface area contributed by atoms with Crippen molar-refractivity contribution < 1.29 is 9.90 Å². The van der Waals surface area contributed by atoms with Gasteiger partial charge >= 0.3 is 5.97 Å². The molecule has 0 radical (unpaired) electrons. The summed E-state index contributed by atoms with van der Waals surface area (Å²) < 4.78 is 4.28. The Morgan fingerprint density at radius 3 is 2.67 bits per heavy atom. The largest absolute Gasteiger partial charge is 0.478 e. The normalized spacial score (nSPS) is 10.9. The third-order valence-electron chi connectivity index (χ3n) is 2.88. The minimum Gasteiger partial charge on any atom is -0.478 e. The zero-order valence-corrected chi connectivity index (χ0v) is 11.9. The fourth-order valence-corrected chi connectivity index (χ4v) is 2.08. The topological polar surface area (TPSA) is 72.9 Å². The molecule has 0 saturated heterocycles. The van der Waals surface area contributed by atoms with Crippen LogP contribution in [0.4, 0.5) is 0 Å². The Morgan fingerprint density at radius 1 is 1.50 bits per heavy atom. The van der Waals surface area contributed by atoms with Gasteiger partial charge in [-0.05, 0) is 29.8 Å². The van der Waals surface area contributed by atoms with Gasteiger partial charge in [0.15, 0.2) is 0 Å². The van der Waals surface area contributed by atoms with Crippen molar-refractivity contribution in [1.29, 1.82) is 0 Å².